The number of hydrogen-bond acceptors (Lipinski definition) is 6. The highest BCUT2D eigenvalue weighted by atomic mass is 15.0. The number of nitrogens with two attached hydrogens (primary N) is 1. The molecule has 4 rings (SSSR count). The molecule has 3 heterocycles. The summed E-state index contributed by atoms with van der Waals surface area (Å²) in [6.07, 6.45) is 8.81. The number of aryl methyl sites for hydroxylation is 2. The predicted octanol–water partition coefficient (Wildman–Crippen LogP) is 1.68. The Hall–Kier alpha value is -2.89. The van der Waals surface area contributed by atoms with Crippen molar-refractivity contribution in [3.63, 3.8) is 0 Å². The molecule has 1 aliphatic carbocycles. The fourth-order valence-electron chi connectivity index (χ4n) is 2.54. The second-order valence-corrected chi connectivity index (χ2v) is 4.89. The van der Waals surface area contributed by atoms with Crippen LogP contribution in [0, 0.1) is 0 Å². The van der Waals surface area contributed by atoms with Crippen LogP contribution in [0.3, 0.4) is 0 Å². The second kappa shape index (κ2) is 4.59. The van der Waals surface area contributed by atoms with Gasteiger partial charge in [-0.05, 0) is 30.5 Å². The van der Waals surface area contributed by atoms with Gasteiger partial charge in [0.2, 0.25) is 5.95 Å². The number of nitrogens with zero attached hydrogens (tertiary/aromatic N) is 5. The molecule has 0 spiro atoms. The van der Waals surface area contributed by atoms with E-state index < -0.39 is 0 Å². The first-order valence-corrected chi connectivity index (χ1v) is 6.69. The Labute approximate surface area is 121 Å². The Kier molecular flexibility index (Phi) is 2.60. The summed E-state index contributed by atoms with van der Waals surface area (Å²) in [7, 11) is 0. The molecule has 3 aromatic rings. The van der Waals surface area contributed by atoms with Crippen LogP contribution in [0.4, 0.5) is 5.95 Å². The van der Waals surface area contributed by atoms with E-state index in [0.717, 1.165) is 40.9 Å². The lowest BCUT2D eigenvalue weighted by Crippen LogP contribution is -2.11. The first-order valence-electron chi connectivity index (χ1n) is 6.69. The van der Waals surface area contributed by atoms with E-state index in [1.165, 1.54) is 0 Å². The lowest BCUT2D eigenvalue weighted by Gasteiger charge is -2.17. The van der Waals surface area contributed by atoms with Crippen LogP contribution >= 0.6 is 0 Å². The third-order valence-electron chi connectivity index (χ3n) is 3.58. The van der Waals surface area contributed by atoms with Crippen molar-refractivity contribution in [3.8, 4) is 22.6 Å². The van der Waals surface area contributed by atoms with Gasteiger partial charge in [-0.2, -0.15) is 0 Å². The maximum absolute atomic E-state index is 5.69. The van der Waals surface area contributed by atoms with Gasteiger partial charge in [-0.1, -0.05) is 0 Å². The number of pyridine rings is 1. The van der Waals surface area contributed by atoms with Crippen LogP contribution in [0.5, 0.6) is 0 Å². The number of fused-ring (bicyclic) bond motifs is 3. The van der Waals surface area contributed by atoms with Gasteiger partial charge in [-0.25, -0.2) is 19.9 Å². The molecule has 6 nitrogen and oxygen atoms in total. The summed E-state index contributed by atoms with van der Waals surface area (Å²) in [5.74, 6) is 0.987. The topological polar surface area (TPSA) is 90.5 Å². The van der Waals surface area contributed by atoms with Crippen molar-refractivity contribution in [1.82, 2.24) is 24.9 Å². The summed E-state index contributed by atoms with van der Waals surface area (Å²) >= 11 is 0. The molecule has 1 aliphatic rings. The Morgan fingerprint density at radius 3 is 2.67 bits per heavy atom. The van der Waals surface area contributed by atoms with Crippen LogP contribution in [0.25, 0.3) is 22.6 Å². The van der Waals surface area contributed by atoms with Gasteiger partial charge >= 0.3 is 0 Å². The molecule has 21 heavy (non-hydrogen) atoms. The zero-order valence-corrected chi connectivity index (χ0v) is 11.2. The molecule has 0 aromatic carbocycles. The number of aromatic nitrogens is 5. The summed E-state index contributed by atoms with van der Waals surface area (Å²) in [5.41, 5.74) is 10.5. The van der Waals surface area contributed by atoms with E-state index >= 15 is 0 Å². The highest BCUT2D eigenvalue weighted by Crippen LogP contribution is 2.31. The van der Waals surface area contributed by atoms with Crippen molar-refractivity contribution < 1.29 is 0 Å². The molecule has 0 atom stereocenters. The zero-order chi connectivity index (χ0) is 14.2. The lowest BCUT2D eigenvalue weighted by atomic mass is 9.94. The standard InChI is InChI=1S/C15H12N6/c16-15-19-7-10-1-2-12-11(13(10)21-15)8-18-14(20-12)9-3-5-17-6-4-9/h3-8H,1-2H2,(H2,16,19,21). The van der Waals surface area contributed by atoms with Crippen LogP contribution in [0.2, 0.25) is 0 Å². The van der Waals surface area contributed by atoms with E-state index in [9.17, 15) is 0 Å². The van der Waals surface area contributed by atoms with Crippen molar-refractivity contribution in [2.75, 3.05) is 5.73 Å². The quantitative estimate of drug-likeness (QED) is 0.727. The van der Waals surface area contributed by atoms with Crippen molar-refractivity contribution in [3.05, 3.63) is 48.2 Å². The summed E-state index contributed by atoms with van der Waals surface area (Å²) in [6.45, 7) is 0. The largest absolute Gasteiger partial charge is 0.368 e. The van der Waals surface area contributed by atoms with Gasteiger partial charge in [-0.15, -0.1) is 0 Å². The summed E-state index contributed by atoms with van der Waals surface area (Å²) in [6, 6.07) is 3.80. The maximum Gasteiger partial charge on any atom is 0.220 e. The van der Waals surface area contributed by atoms with Crippen LogP contribution in [-0.4, -0.2) is 24.9 Å². The van der Waals surface area contributed by atoms with E-state index in [1.54, 1.807) is 18.6 Å². The minimum Gasteiger partial charge on any atom is -0.368 e. The van der Waals surface area contributed by atoms with E-state index in [0.29, 0.717) is 5.82 Å². The van der Waals surface area contributed by atoms with Crippen molar-refractivity contribution in [1.29, 1.82) is 0 Å². The van der Waals surface area contributed by atoms with E-state index in [2.05, 4.69) is 24.9 Å². The van der Waals surface area contributed by atoms with Crippen LogP contribution in [0.15, 0.2) is 36.9 Å². The highest BCUT2D eigenvalue weighted by Gasteiger charge is 2.20. The molecule has 0 fully saturated rings. The van der Waals surface area contributed by atoms with Crippen molar-refractivity contribution in [2.24, 2.45) is 0 Å². The predicted molar refractivity (Wildman–Crippen MR) is 78.1 cm³/mol. The maximum atomic E-state index is 5.69. The summed E-state index contributed by atoms with van der Waals surface area (Å²) in [4.78, 5) is 21.5. The molecular formula is C15H12N6. The molecule has 6 heteroatoms. The van der Waals surface area contributed by atoms with E-state index in [1.807, 2.05) is 18.3 Å². The number of nitrogen functional groups attached to an aromatic ring is 1. The monoisotopic (exact) mass is 276 g/mol. The molecule has 0 saturated carbocycles. The highest BCUT2D eigenvalue weighted by molar-refractivity contribution is 5.69. The third kappa shape index (κ3) is 2.01. The first-order chi connectivity index (χ1) is 10.3. The molecule has 0 saturated heterocycles. The SMILES string of the molecule is Nc1ncc2c(n1)-c1cnc(-c3ccncc3)nc1CC2. The Balaban J connectivity index is 1.85. The first kappa shape index (κ1) is 11.9. The Morgan fingerprint density at radius 1 is 0.952 bits per heavy atom. The van der Waals surface area contributed by atoms with Gasteiger partial charge in [-0.3, -0.25) is 4.98 Å². The van der Waals surface area contributed by atoms with Crippen molar-refractivity contribution in [2.45, 2.75) is 12.8 Å². The summed E-state index contributed by atoms with van der Waals surface area (Å²) < 4.78 is 0. The molecular weight excluding hydrogens is 264 g/mol. The smallest absolute Gasteiger partial charge is 0.220 e. The van der Waals surface area contributed by atoms with Crippen LogP contribution in [-0.2, 0) is 12.8 Å². The zero-order valence-electron chi connectivity index (χ0n) is 11.2. The fourth-order valence-corrected chi connectivity index (χ4v) is 2.54. The number of hydrogen-bond donors (Lipinski definition) is 1. The molecule has 0 radical (unpaired) electrons. The van der Waals surface area contributed by atoms with Gasteiger partial charge in [0, 0.05) is 35.9 Å². The van der Waals surface area contributed by atoms with Crippen LogP contribution in [0.1, 0.15) is 11.3 Å². The van der Waals surface area contributed by atoms with E-state index in [-0.39, 0.29) is 5.95 Å². The Morgan fingerprint density at radius 2 is 1.81 bits per heavy atom. The fraction of sp³-hybridized carbons (Fsp3) is 0.133. The number of rotatable bonds is 1. The minimum absolute atomic E-state index is 0.278. The second-order valence-electron chi connectivity index (χ2n) is 4.89. The van der Waals surface area contributed by atoms with E-state index in [4.69, 9.17) is 5.73 Å². The normalized spacial score (nSPS) is 12.6. The van der Waals surface area contributed by atoms with Crippen LogP contribution < -0.4 is 5.73 Å². The average Bonchev–Trinajstić information content (AvgIpc) is 2.55. The molecule has 0 amide bonds. The van der Waals surface area contributed by atoms with Gasteiger partial charge in [0.25, 0.3) is 0 Å². The van der Waals surface area contributed by atoms with Gasteiger partial charge in [0.1, 0.15) is 0 Å². The molecule has 0 aliphatic heterocycles. The molecule has 102 valence electrons. The van der Waals surface area contributed by atoms with Gasteiger partial charge in [0.15, 0.2) is 5.82 Å². The molecule has 0 unspecified atom stereocenters. The molecule has 3 aromatic heterocycles. The lowest BCUT2D eigenvalue weighted by molar-refractivity contribution is 0.867. The molecule has 0 bridgehead atoms. The average molecular weight is 276 g/mol. The summed E-state index contributed by atoms with van der Waals surface area (Å²) in [5, 5.41) is 0. The Bertz CT molecular complexity index is 816. The van der Waals surface area contributed by atoms with Crippen molar-refractivity contribution >= 4 is 5.95 Å². The number of anilines is 1. The molecule has 2 N–H and O–H groups in total. The minimum atomic E-state index is 0.278. The third-order valence-corrected chi connectivity index (χ3v) is 3.58. The van der Waals surface area contributed by atoms with Gasteiger partial charge in [0.05, 0.1) is 11.4 Å². The van der Waals surface area contributed by atoms with Gasteiger partial charge < -0.3 is 5.73 Å².